The molecule has 1 unspecified atom stereocenters. The average Bonchev–Trinajstić information content (AvgIpc) is 2.97. The van der Waals surface area contributed by atoms with E-state index in [1.165, 1.54) is 0 Å². The van der Waals surface area contributed by atoms with E-state index < -0.39 is 23.8 Å². The Morgan fingerprint density at radius 1 is 1.02 bits per heavy atom. The third-order valence-electron chi connectivity index (χ3n) is 7.91. The number of carbonyl (C=O) groups excluding carboxylic acids is 2. The number of halogens is 4. The molecule has 1 fully saturated rings. The quantitative estimate of drug-likeness (QED) is 0.350. The summed E-state index contributed by atoms with van der Waals surface area (Å²) in [6, 6.07) is 11.4. The molecule has 0 radical (unpaired) electrons. The van der Waals surface area contributed by atoms with Gasteiger partial charge in [0.1, 0.15) is 0 Å². The summed E-state index contributed by atoms with van der Waals surface area (Å²) in [4.78, 5) is 34.5. The summed E-state index contributed by atoms with van der Waals surface area (Å²) in [5, 5.41) is 5.31. The third-order valence-corrected chi connectivity index (χ3v) is 8.24. The van der Waals surface area contributed by atoms with E-state index >= 15 is 0 Å². The van der Waals surface area contributed by atoms with E-state index in [0.717, 1.165) is 73.8 Å². The first-order chi connectivity index (χ1) is 19.6. The van der Waals surface area contributed by atoms with Crippen molar-refractivity contribution in [2.24, 2.45) is 0 Å². The number of anilines is 2. The molecule has 0 bridgehead atoms. The van der Waals surface area contributed by atoms with Crippen LogP contribution in [0.2, 0.25) is 5.02 Å². The summed E-state index contributed by atoms with van der Waals surface area (Å²) in [7, 11) is 1.83. The highest BCUT2D eigenvalue weighted by Crippen LogP contribution is 2.35. The molecule has 2 aliphatic rings. The van der Waals surface area contributed by atoms with Crippen molar-refractivity contribution in [3.8, 4) is 0 Å². The van der Waals surface area contributed by atoms with E-state index in [1.807, 2.05) is 37.4 Å². The van der Waals surface area contributed by atoms with E-state index in [2.05, 4.69) is 20.5 Å². The second kappa shape index (κ2) is 12.0. The van der Waals surface area contributed by atoms with Crippen molar-refractivity contribution in [2.45, 2.75) is 50.4 Å². The summed E-state index contributed by atoms with van der Waals surface area (Å²) >= 11 is 6.05. The van der Waals surface area contributed by atoms with Crippen molar-refractivity contribution in [3.63, 3.8) is 0 Å². The molecule has 11 heteroatoms. The van der Waals surface area contributed by atoms with Gasteiger partial charge in [0, 0.05) is 49.8 Å². The molecule has 0 saturated carbocycles. The smallest absolute Gasteiger partial charge is 0.371 e. The highest BCUT2D eigenvalue weighted by Gasteiger charge is 2.32. The number of pyridine rings is 1. The number of fused-ring (bicyclic) bond motifs is 1. The number of nitrogens with zero attached hydrogens (tertiary/aromatic N) is 3. The number of rotatable bonds is 5. The number of nitrogens with one attached hydrogen (secondary N) is 2. The van der Waals surface area contributed by atoms with Crippen molar-refractivity contribution in [1.82, 2.24) is 15.2 Å². The standard InChI is InChI=1S/C30H31ClF3N5O2/c1-38(22-11-15-39(16-12-22)23-9-13-35-14-10-23)28(40)20-6-5-19-3-2-4-26(24(19)17-20)36-29(41)37-27-18-21(30(32,33)34)7-8-25(27)31/h5-10,13-14,17-18,22,26H,2-4,11-12,15-16H2,1H3,(H2,36,37,41). The summed E-state index contributed by atoms with van der Waals surface area (Å²) in [6.45, 7) is 1.68. The predicted octanol–water partition coefficient (Wildman–Crippen LogP) is 6.69. The molecule has 1 aromatic heterocycles. The Hall–Kier alpha value is -3.79. The Morgan fingerprint density at radius 3 is 2.46 bits per heavy atom. The molecule has 1 saturated heterocycles. The van der Waals surface area contributed by atoms with E-state index in [1.54, 1.807) is 17.3 Å². The minimum absolute atomic E-state index is 0.000255. The SMILES string of the molecule is CN(C(=O)c1ccc2c(c1)C(NC(=O)Nc1cc(C(F)(F)F)ccc1Cl)CCC2)C1CCN(c2ccncc2)CC1. The number of piperidine rings is 1. The zero-order valence-corrected chi connectivity index (χ0v) is 23.3. The largest absolute Gasteiger partial charge is 0.416 e. The minimum Gasteiger partial charge on any atom is -0.371 e. The number of amides is 3. The number of hydrogen-bond acceptors (Lipinski definition) is 4. The van der Waals surface area contributed by atoms with E-state index in [0.29, 0.717) is 12.0 Å². The first-order valence-corrected chi connectivity index (χ1v) is 14.0. The van der Waals surface area contributed by atoms with Gasteiger partial charge in [-0.15, -0.1) is 0 Å². The van der Waals surface area contributed by atoms with Gasteiger partial charge in [0.05, 0.1) is 22.3 Å². The van der Waals surface area contributed by atoms with E-state index in [4.69, 9.17) is 11.6 Å². The maximum Gasteiger partial charge on any atom is 0.416 e. The zero-order valence-electron chi connectivity index (χ0n) is 22.5. The van der Waals surface area contributed by atoms with Crippen LogP contribution in [0.4, 0.5) is 29.3 Å². The summed E-state index contributed by atoms with van der Waals surface area (Å²) in [6.07, 6.45) is 2.96. The maximum atomic E-state index is 13.5. The molecule has 2 heterocycles. The lowest BCUT2D eigenvalue weighted by Gasteiger charge is -2.38. The third kappa shape index (κ3) is 6.59. The molecule has 2 N–H and O–H groups in total. The van der Waals surface area contributed by atoms with Crippen molar-refractivity contribution < 1.29 is 22.8 Å². The first kappa shape index (κ1) is 28.7. The summed E-state index contributed by atoms with van der Waals surface area (Å²) < 4.78 is 39.4. The number of alkyl halides is 3. The lowest BCUT2D eigenvalue weighted by atomic mass is 9.86. The fraction of sp³-hybridized carbons (Fsp3) is 0.367. The van der Waals surface area contributed by atoms with Crippen molar-refractivity contribution in [2.75, 3.05) is 30.4 Å². The van der Waals surface area contributed by atoms with Crippen LogP contribution in [-0.4, -0.2) is 48.0 Å². The zero-order chi connectivity index (χ0) is 29.1. The van der Waals surface area contributed by atoms with Crippen molar-refractivity contribution >= 4 is 34.9 Å². The molecule has 1 atom stereocenters. The lowest BCUT2D eigenvalue weighted by molar-refractivity contribution is -0.137. The first-order valence-electron chi connectivity index (χ1n) is 13.6. The van der Waals surface area contributed by atoms with Crippen LogP contribution in [0.15, 0.2) is 60.9 Å². The minimum atomic E-state index is -4.56. The number of urea groups is 1. The molecular formula is C30H31ClF3N5O2. The number of aryl methyl sites for hydroxylation is 1. The van der Waals surface area contributed by atoms with Crippen LogP contribution in [0.25, 0.3) is 0 Å². The van der Waals surface area contributed by atoms with Crippen LogP contribution in [0.3, 0.4) is 0 Å². The van der Waals surface area contributed by atoms with Gasteiger partial charge >= 0.3 is 12.2 Å². The average molecular weight is 586 g/mol. The van der Waals surface area contributed by atoms with Crippen molar-refractivity contribution in [3.05, 3.63) is 88.2 Å². The highest BCUT2D eigenvalue weighted by molar-refractivity contribution is 6.33. The van der Waals surface area contributed by atoms with Gasteiger partial charge in [0.25, 0.3) is 5.91 Å². The fourth-order valence-electron chi connectivity index (χ4n) is 5.63. The summed E-state index contributed by atoms with van der Waals surface area (Å²) in [5.74, 6) is -0.0836. The number of aromatic nitrogens is 1. The molecule has 216 valence electrons. The van der Waals surface area contributed by atoms with Crippen LogP contribution < -0.4 is 15.5 Å². The van der Waals surface area contributed by atoms with E-state index in [-0.39, 0.29) is 22.7 Å². The molecule has 1 aliphatic heterocycles. The van der Waals surface area contributed by atoms with Crippen LogP contribution in [0, 0.1) is 0 Å². The van der Waals surface area contributed by atoms with Crippen LogP contribution >= 0.6 is 11.6 Å². The van der Waals surface area contributed by atoms with Gasteiger partial charge in [0.15, 0.2) is 0 Å². The van der Waals surface area contributed by atoms with Crippen LogP contribution in [0.1, 0.15) is 58.8 Å². The Kier molecular flexibility index (Phi) is 8.40. The maximum absolute atomic E-state index is 13.5. The van der Waals surface area contributed by atoms with Crippen LogP contribution in [0.5, 0.6) is 0 Å². The predicted molar refractivity (Wildman–Crippen MR) is 152 cm³/mol. The van der Waals surface area contributed by atoms with Gasteiger partial charge in [0.2, 0.25) is 0 Å². The number of benzene rings is 2. The molecule has 3 aromatic rings. The molecule has 41 heavy (non-hydrogen) atoms. The van der Waals surface area contributed by atoms with Crippen LogP contribution in [-0.2, 0) is 12.6 Å². The Balaban J connectivity index is 1.25. The monoisotopic (exact) mass is 585 g/mol. The molecule has 5 rings (SSSR count). The van der Waals surface area contributed by atoms with Gasteiger partial charge in [-0.2, -0.15) is 13.2 Å². The highest BCUT2D eigenvalue weighted by atomic mass is 35.5. The molecule has 2 aromatic carbocycles. The molecule has 1 aliphatic carbocycles. The number of hydrogen-bond donors (Lipinski definition) is 2. The van der Waals surface area contributed by atoms with Gasteiger partial charge in [-0.25, -0.2) is 4.79 Å². The topological polar surface area (TPSA) is 77.6 Å². The molecule has 0 spiro atoms. The van der Waals surface area contributed by atoms with Gasteiger partial charge in [-0.05, 0) is 85.7 Å². The second-order valence-corrected chi connectivity index (χ2v) is 10.9. The van der Waals surface area contributed by atoms with Gasteiger partial charge in [-0.1, -0.05) is 17.7 Å². The normalized spacial score (nSPS) is 17.5. The fourth-order valence-corrected chi connectivity index (χ4v) is 5.80. The number of carbonyl (C=O) groups is 2. The Bertz CT molecular complexity index is 1410. The molecular weight excluding hydrogens is 555 g/mol. The molecule has 7 nitrogen and oxygen atoms in total. The Labute approximate surface area is 241 Å². The second-order valence-electron chi connectivity index (χ2n) is 10.5. The van der Waals surface area contributed by atoms with Gasteiger partial charge in [-0.3, -0.25) is 9.78 Å². The summed E-state index contributed by atoms with van der Waals surface area (Å²) in [5.41, 5.74) is 2.50. The Morgan fingerprint density at radius 2 is 1.76 bits per heavy atom. The van der Waals surface area contributed by atoms with Crippen molar-refractivity contribution in [1.29, 1.82) is 0 Å². The lowest BCUT2D eigenvalue weighted by Crippen LogP contribution is -2.45. The van der Waals surface area contributed by atoms with Gasteiger partial charge < -0.3 is 20.4 Å². The molecule has 3 amide bonds. The van der Waals surface area contributed by atoms with E-state index in [9.17, 15) is 22.8 Å².